The van der Waals surface area contributed by atoms with E-state index in [0.717, 1.165) is 35.0 Å². The standard InChI is InChI=1S/C23H26F2N6O3S/c1-15(27-16(2)32)28-26-13-12-23(17-8-6-5-7-9-17)31(22(33)30(3)34-4)29-21(35-23)19-14-18(24)10-11-20(19)25/h5-11,14,26H,12-13H2,1-4H3,(H,27,28,32). The van der Waals surface area contributed by atoms with Crippen molar-refractivity contribution in [2.75, 3.05) is 20.7 Å². The molecule has 1 aliphatic heterocycles. The topological polar surface area (TPSA) is 98.6 Å². The number of carbonyl (C=O) groups is 2. The second-order valence-corrected chi connectivity index (χ2v) is 8.84. The van der Waals surface area contributed by atoms with E-state index in [1.54, 1.807) is 6.92 Å². The van der Waals surface area contributed by atoms with E-state index in [2.05, 4.69) is 20.9 Å². The van der Waals surface area contributed by atoms with Crippen LogP contribution in [0.2, 0.25) is 0 Å². The van der Waals surface area contributed by atoms with E-state index in [0.29, 0.717) is 17.9 Å². The lowest BCUT2D eigenvalue weighted by Crippen LogP contribution is -2.49. The molecule has 1 aliphatic rings. The predicted molar refractivity (Wildman–Crippen MR) is 130 cm³/mol. The Morgan fingerprint density at radius 3 is 2.57 bits per heavy atom. The van der Waals surface area contributed by atoms with Crippen LogP contribution < -0.4 is 10.9 Å². The average Bonchev–Trinajstić information content (AvgIpc) is 3.23. The average molecular weight is 505 g/mol. The molecule has 0 saturated heterocycles. The monoisotopic (exact) mass is 504 g/mol. The number of rotatable bonds is 7. The van der Waals surface area contributed by atoms with Crippen LogP contribution >= 0.6 is 11.8 Å². The molecule has 0 aromatic heterocycles. The molecule has 2 aromatic carbocycles. The first-order valence-corrected chi connectivity index (χ1v) is 11.4. The zero-order valence-corrected chi connectivity index (χ0v) is 20.5. The van der Waals surface area contributed by atoms with E-state index >= 15 is 0 Å². The van der Waals surface area contributed by atoms with Crippen LogP contribution in [0.25, 0.3) is 0 Å². The third-order valence-electron chi connectivity index (χ3n) is 5.09. The fraction of sp³-hybridized carbons (Fsp3) is 0.304. The molecule has 0 radical (unpaired) electrons. The predicted octanol–water partition coefficient (Wildman–Crippen LogP) is 3.59. The number of hydrazine groups is 1. The number of nitrogens with one attached hydrogen (secondary N) is 2. The molecule has 0 aliphatic carbocycles. The smallest absolute Gasteiger partial charge is 0.309 e. The lowest BCUT2D eigenvalue weighted by atomic mass is 10.0. The van der Waals surface area contributed by atoms with Gasteiger partial charge >= 0.3 is 6.03 Å². The zero-order chi connectivity index (χ0) is 25.6. The summed E-state index contributed by atoms with van der Waals surface area (Å²) in [7, 11) is 2.77. The van der Waals surface area contributed by atoms with Gasteiger partial charge in [-0.25, -0.2) is 24.1 Å². The van der Waals surface area contributed by atoms with Crippen LogP contribution in [0.1, 0.15) is 31.4 Å². The van der Waals surface area contributed by atoms with Gasteiger partial charge in [-0.3, -0.25) is 9.63 Å². The lowest BCUT2D eigenvalue weighted by molar-refractivity contribution is -0.115. The molecular weight excluding hydrogens is 478 g/mol. The molecule has 0 saturated carbocycles. The van der Waals surface area contributed by atoms with Crippen molar-refractivity contribution < 1.29 is 23.2 Å². The fourth-order valence-corrected chi connectivity index (χ4v) is 4.81. The first-order valence-electron chi connectivity index (χ1n) is 10.6. The highest BCUT2D eigenvalue weighted by Crippen LogP contribution is 2.50. The Bertz CT molecular complexity index is 1150. The van der Waals surface area contributed by atoms with Gasteiger partial charge in [0.25, 0.3) is 0 Å². The lowest BCUT2D eigenvalue weighted by Gasteiger charge is -2.37. The number of amidine groups is 1. The number of hydroxylamine groups is 2. The summed E-state index contributed by atoms with van der Waals surface area (Å²) in [4.78, 5) is 32.2. The molecule has 35 heavy (non-hydrogen) atoms. The van der Waals surface area contributed by atoms with Crippen LogP contribution in [0.4, 0.5) is 13.6 Å². The van der Waals surface area contributed by atoms with Gasteiger partial charge in [-0.15, -0.1) is 0 Å². The summed E-state index contributed by atoms with van der Waals surface area (Å²) < 4.78 is 28.6. The minimum atomic E-state index is -1.13. The van der Waals surface area contributed by atoms with E-state index in [1.807, 2.05) is 30.3 Å². The van der Waals surface area contributed by atoms with E-state index < -0.39 is 22.5 Å². The Morgan fingerprint density at radius 1 is 1.20 bits per heavy atom. The minimum absolute atomic E-state index is 0.0544. The molecule has 1 unspecified atom stereocenters. The number of amides is 3. The molecule has 0 spiro atoms. The van der Waals surface area contributed by atoms with Crippen LogP contribution in [-0.2, 0) is 14.5 Å². The molecule has 3 amide bonds. The van der Waals surface area contributed by atoms with Gasteiger partial charge in [0.05, 0.1) is 7.11 Å². The molecule has 1 atom stereocenters. The van der Waals surface area contributed by atoms with Gasteiger partial charge < -0.3 is 5.43 Å². The van der Waals surface area contributed by atoms with Crippen molar-refractivity contribution in [1.29, 1.82) is 0 Å². The second-order valence-electron chi connectivity index (χ2n) is 7.57. The maximum atomic E-state index is 14.7. The Kier molecular flexibility index (Phi) is 8.54. The zero-order valence-electron chi connectivity index (χ0n) is 19.7. The largest absolute Gasteiger partial charge is 0.365 e. The molecule has 186 valence electrons. The number of halogens is 2. The van der Waals surface area contributed by atoms with Crippen LogP contribution in [0.3, 0.4) is 0 Å². The number of benzene rings is 2. The molecule has 0 bridgehead atoms. The molecule has 0 fully saturated rings. The highest BCUT2D eigenvalue weighted by molar-refractivity contribution is 8.15. The summed E-state index contributed by atoms with van der Waals surface area (Å²) in [5.41, 5.74) is 6.47. The Hall–Kier alpha value is -3.35. The fourth-order valence-electron chi connectivity index (χ4n) is 3.44. The summed E-state index contributed by atoms with van der Waals surface area (Å²) in [6.45, 7) is 3.26. The number of hydrazone groups is 1. The Balaban J connectivity index is 2.01. The maximum Gasteiger partial charge on any atom is 0.365 e. The van der Waals surface area contributed by atoms with Gasteiger partial charge in [-0.2, -0.15) is 15.1 Å². The number of hydrogen-bond donors (Lipinski definition) is 2. The van der Waals surface area contributed by atoms with Gasteiger partial charge in [0.1, 0.15) is 27.4 Å². The summed E-state index contributed by atoms with van der Waals surface area (Å²) in [5, 5.41) is 6.79. The third kappa shape index (κ3) is 6.02. The molecule has 2 N–H and O–H groups in total. The Labute approximate surface area is 206 Å². The van der Waals surface area contributed by atoms with Gasteiger partial charge in [0.15, 0.2) is 0 Å². The van der Waals surface area contributed by atoms with Crippen LogP contribution in [-0.4, -0.2) is 53.6 Å². The van der Waals surface area contributed by atoms with E-state index in [4.69, 9.17) is 4.84 Å². The minimum Gasteiger partial charge on any atom is -0.309 e. The summed E-state index contributed by atoms with van der Waals surface area (Å²) >= 11 is 1.14. The number of hydrogen-bond acceptors (Lipinski definition) is 6. The van der Waals surface area contributed by atoms with Crippen LogP contribution in [0.5, 0.6) is 0 Å². The SMILES string of the molecule is CON(C)C(=O)N1N=C(c2cc(F)ccc2F)SC1(CCNN/C(C)=N/C(C)=O)c1ccccc1. The third-order valence-corrected chi connectivity index (χ3v) is 6.54. The van der Waals surface area contributed by atoms with E-state index in [-0.39, 0.29) is 22.9 Å². The van der Waals surface area contributed by atoms with Crippen molar-refractivity contribution in [3.05, 3.63) is 71.3 Å². The van der Waals surface area contributed by atoms with Gasteiger partial charge in [-0.1, -0.05) is 42.1 Å². The molecule has 1 heterocycles. The van der Waals surface area contributed by atoms with Crippen molar-refractivity contribution in [2.24, 2.45) is 10.1 Å². The van der Waals surface area contributed by atoms with Gasteiger partial charge in [-0.05, 0) is 30.7 Å². The van der Waals surface area contributed by atoms with Crippen LogP contribution in [0, 0.1) is 11.6 Å². The number of carbonyl (C=O) groups excluding carboxylic acids is 2. The molecule has 12 heteroatoms. The molecular formula is C23H26F2N6O3S. The van der Waals surface area contributed by atoms with E-state index in [1.165, 1.54) is 26.1 Å². The number of thioether (sulfide) groups is 1. The number of aliphatic imine (C=N–C) groups is 1. The highest BCUT2D eigenvalue weighted by Gasteiger charge is 2.49. The van der Waals surface area contributed by atoms with Crippen molar-refractivity contribution >= 4 is 34.6 Å². The Morgan fingerprint density at radius 2 is 1.91 bits per heavy atom. The van der Waals surface area contributed by atoms with Gasteiger partial charge in [0, 0.05) is 32.5 Å². The second kappa shape index (κ2) is 11.4. The van der Waals surface area contributed by atoms with Crippen molar-refractivity contribution in [1.82, 2.24) is 20.9 Å². The summed E-state index contributed by atoms with van der Waals surface area (Å²) in [6, 6.07) is 11.6. The molecule has 2 aromatic rings. The van der Waals surface area contributed by atoms with Crippen molar-refractivity contribution in [2.45, 2.75) is 25.1 Å². The van der Waals surface area contributed by atoms with E-state index in [9.17, 15) is 18.4 Å². The van der Waals surface area contributed by atoms with Gasteiger partial charge in [0.2, 0.25) is 5.91 Å². The summed E-state index contributed by atoms with van der Waals surface area (Å²) in [5.74, 6) is -1.26. The highest BCUT2D eigenvalue weighted by atomic mass is 32.2. The quantitative estimate of drug-likeness (QED) is 0.259. The first kappa shape index (κ1) is 26.3. The maximum absolute atomic E-state index is 14.7. The normalized spacial score (nSPS) is 17.8. The molecule has 9 nitrogen and oxygen atoms in total. The van der Waals surface area contributed by atoms with Crippen molar-refractivity contribution in [3.8, 4) is 0 Å². The first-order chi connectivity index (χ1) is 16.7. The molecule has 3 rings (SSSR count). The number of nitrogens with zero attached hydrogens (tertiary/aromatic N) is 4. The van der Waals surface area contributed by atoms with Crippen LogP contribution in [0.15, 0.2) is 58.6 Å². The number of urea groups is 1. The summed E-state index contributed by atoms with van der Waals surface area (Å²) in [6.07, 6.45) is 0.287. The van der Waals surface area contributed by atoms with Crippen molar-refractivity contribution in [3.63, 3.8) is 0 Å².